The first kappa shape index (κ1) is 20.9. The molecule has 7 heteroatoms. The lowest BCUT2D eigenvalue weighted by Crippen LogP contribution is -2.43. The smallest absolute Gasteiger partial charge is 0.434 e. The number of hydroxylamine groups is 2. The van der Waals surface area contributed by atoms with Crippen molar-refractivity contribution < 1.29 is 23.9 Å². The molecule has 0 aliphatic carbocycles. The zero-order valence-electron chi connectivity index (χ0n) is 17.1. The SMILES string of the molecule is CCOC(=O)OC1=C(c2c(C)cc(C)cc2C)C(=O)SC12CCN(OC)CC2. The normalized spacial score (nSPS) is 19.4. The fraction of sp³-hybridized carbons (Fsp3) is 0.524. The van der Waals surface area contributed by atoms with Gasteiger partial charge in [-0.05, 0) is 57.2 Å². The van der Waals surface area contributed by atoms with Gasteiger partial charge in [-0.1, -0.05) is 29.5 Å². The highest BCUT2D eigenvalue weighted by Gasteiger charge is 2.51. The second-order valence-corrected chi connectivity index (χ2v) is 8.61. The van der Waals surface area contributed by atoms with Crippen LogP contribution < -0.4 is 0 Å². The molecule has 0 bridgehead atoms. The van der Waals surface area contributed by atoms with Crippen LogP contribution in [0.15, 0.2) is 17.9 Å². The van der Waals surface area contributed by atoms with E-state index in [1.807, 2.05) is 38.0 Å². The number of benzene rings is 1. The number of hydrogen-bond acceptors (Lipinski definition) is 7. The Kier molecular flexibility index (Phi) is 6.17. The minimum absolute atomic E-state index is 0.0554. The van der Waals surface area contributed by atoms with Crippen LogP contribution in [0.4, 0.5) is 4.79 Å². The molecular weight excluding hydrogens is 378 g/mol. The lowest BCUT2D eigenvalue weighted by atomic mass is 9.87. The fourth-order valence-electron chi connectivity index (χ4n) is 4.12. The first-order chi connectivity index (χ1) is 13.3. The summed E-state index contributed by atoms with van der Waals surface area (Å²) in [6.45, 7) is 9.27. The van der Waals surface area contributed by atoms with Crippen molar-refractivity contribution in [2.75, 3.05) is 26.8 Å². The van der Waals surface area contributed by atoms with Crippen molar-refractivity contribution >= 4 is 28.6 Å². The molecule has 152 valence electrons. The van der Waals surface area contributed by atoms with E-state index in [4.69, 9.17) is 14.3 Å². The third-order valence-electron chi connectivity index (χ3n) is 5.30. The molecule has 0 amide bonds. The molecule has 0 radical (unpaired) electrons. The van der Waals surface area contributed by atoms with Crippen molar-refractivity contribution in [2.24, 2.45) is 0 Å². The number of hydrogen-bond donors (Lipinski definition) is 0. The molecule has 3 rings (SSSR count). The first-order valence-corrected chi connectivity index (χ1v) is 10.3. The van der Waals surface area contributed by atoms with Gasteiger partial charge in [0.05, 0.1) is 24.0 Å². The highest BCUT2D eigenvalue weighted by Crippen LogP contribution is 2.54. The number of carbonyl (C=O) groups is 2. The number of piperidine rings is 1. The summed E-state index contributed by atoms with van der Waals surface area (Å²) in [5.74, 6) is 0.437. The lowest BCUT2D eigenvalue weighted by molar-refractivity contribution is -0.144. The largest absolute Gasteiger partial charge is 0.513 e. The zero-order chi connectivity index (χ0) is 20.5. The second-order valence-electron chi connectivity index (χ2n) is 7.26. The average molecular weight is 406 g/mol. The van der Waals surface area contributed by atoms with E-state index in [0.29, 0.717) is 37.3 Å². The van der Waals surface area contributed by atoms with Gasteiger partial charge in [-0.25, -0.2) is 4.79 Å². The third kappa shape index (κ3) is 3.83. The van der Waals surface area contributed by atoms with Gasteiger partial charge in [-0.15, -0.1) is 0 Å². The highest BCUT2D eigenvalue weighted by atomic mass is 32.2. The summed E-state index contributed by atoms with van der Waals surface area (Å²) in [4.78, 5) is 30.7. The van der Waals surface area contributed by atoms with Gasteiger partial charge in [0, 0.05) is 13.1 Å². The van der Waals surface area contributed by atoms with Crippen LogP contribution in [-0.4, -0.2) is 47.9 Å². The van der Waals surface area contributed by atoms with Gasteiger partial charge in [0.25, 0.3) is 0 Å². The summed E-state index contributed by atoms with van der Waals surface area (Å²) in [7, 11) is 1.64. The lowest BCUT2D eigenvalue weighted by Gasteiger charge is -2.37. The van der Waals surface area contributed by atoms with Crippen molar-refractivity contribution in [3.05, 3.63) is 40.1 Å². The summed E-state index contributed by atoms with van der Waals surface area (Å²) < 4.78 is 10.2. The van der Waals surface area contributed by atoms with Crippen molar-refractivity contribution in [1.82, 2.24) is 5.06 Å². The van der Waals surface area contributed by atoms with Gasteiger partial charge < -0.3 is 14.3 Å². The van der Waals surface area contributed by atoms with Crippen molar-refractivity contribution in [3.63, 3.8) is 0 Å². The van der Waals surface area contributed by atoms with Crippen LogP contribution in [0.1, 0.15) is 42.0 Å². The average Bonchev–Trinajstić information content (AvgIpc) is 2.87. The molecule has 6 nitrogen and oxygen atoms in total. The molecule has 1 aromatic carbocycles. The number of thioether (sulfide) groups is 1. The Balaban J connectivity index is 2.12. The summed E-state index contributed by atoms with van der Waals surface area (Å²) in [5, 5.41) is 1.80. The standard InChI is InChI=1S/C21H27NO5S/c1-6-26-20(24)27-18-17(16-14(3)11-13(2)12-15(16)4)19(23)28-21(18)7-9-22(25-5)10-8-21/h11-12H,6-10H2,1-5H3. The van der Waals surface area contributed by atoms with Crippen molar-refractivity contribution in [2.45, 2.75) is 45.3 Å². The first-order valence-electron chi connectivity index (χ1n) is 9.51. The summed E-state index contributed by atoms with van der Waals surface area (Å²) >= 11 is 1.27. The van der Waals surface area contributed by atoms with Crippen molar-refractivity contribution in [1.29, 1.82) is 0 Å². The molecule has 0 N–H and O–H groups in total. The van der Waals surface area contributed by atoms with Gasteiger partial charge in [0.2, 0.25) is 5.12 Å². The van der Waals surface area contributed by atoms with Crippen LogP contribution in [0.2, 0.25) is 0 Å². The quantitative estimate of drug-likeness (QED) is 0.697. The Morgan fingerprint density at radius 2 is 1.79 bits per heavy atom. The van der Waals surface area contributed by atoms with Gasteiger partial charge in [0.15, 0.2) is 0 Å². The molecule has 2 heterocycles. The van der Waals surface area contributed by atoms with E-state index in [0.717, 1.165) is 22.3 Å². The van der Waals surface area contributed by atoms with Gasteiger partial charge in [-0.2, -0.15) is 5.06 Å². The topological polar surface area (TPSA) is 65.1 Å². The van der Waals surface area contributed by atoms with Gasteiger partial charge >= 0.3 is 6.16 Å². The number of aryl methyl sites for hydroxylation is 3. The Bertz CT molecular complexity index is 801. The van der Waals surface area contributed by atoms with Crippen LogP contribution in [0.5, 0.6) is 0 Å². The highest BCUT2D eigenvalue weighted by molar-refractivity contribution is 8.16. The molecule has 0 aromatic heterocycles. The Labute approximate surface area is 170 Å². The molecule has 2 aliphatic rings. The Hall–Kier alpha value is -1.83. The molecular formula is C21H27NO5S. The monoisotopic (exact) mass is 405 g/mol. The summed E-state index contributed by atoms with van der Waals surface area (Å²) in [6.07, 6.45) is 0.542. The van der Waals surface area contributed by atoms with Crippen LogP contribution in [-0.2, 0) is 19.1 Å². The van der Waals surface area contributed by atoms with E-state index in [1.165, 1.54) is 11.8 Å². The van der Waals surface area contributed by atoms with E-state index in [1.54, 1.807) is 14.0 Å². The molecule has 0 atom stereocenters. The maximum atomic E-state index is 13.2. The minimum Gasteiger partial charge on any atom is -0.434 e. The molecule has 0 saturated carbocycles. The van der Waals surface area contributed by atoms with E-state index in [9.17, 15) is 9.59 Å². The van der Waals surface area contributed by atoms with Crippen LogP contribution in [0.25, 0.3) is 5.57 Å². The molecule has 1 saturated heterocycles. The number of nitrogens with zero attached hydrogens (tertiary/aromatic N) is 1. The Morgan fingerprint density at radius 1 is 1.18 bits per heavy atom. The molecule has 2 aliphatic heterocycles. The maximum absolute atomic E-state index is 13.2. The molecule has 1 fully saturated rings. The predicted molar refractivity (Wildman–Crippen MR) is 109 cm³/mol. The molecule has 28 heavy (non-hydrogen) atoms. The third-order valence-corrected chi connectivity index (χ3v) is 6.67. The van der Waals surface area contributed by atoms with Gasteiger partial charge in [-0.3, -0.25) is 4.79 Å². The van der Waals surface area contributed by atoms with E-state index < -0.39 is 10.9 Å². The summed E-state index contributed by atoms with van der Waals surface area (Å²) in [5.41, 5.74) is 4.48. The van der Waals surface area contributed by atoms with Crippen LogP contribution in [0, 0.1) is 20.8 Å². The summed E-state index contributed by atoms with van der Waals surface area (Å²) in [6, 6.07) is 4.10. The Morgan fingerprint density at radius 3 is 2.32 bits per heavy atom. The van der Waals surface area contributed by atoms with Gasteiger partial charge in [0.1, 0.15) is 5.76 Å². The van der Waals surface area contributed by atoms with Crippen LogP contribution >= 0.6 is 11.8 Å². The number of ether oxygens (including phenoxy) is 2. The number of carbonyl (C=O) groups excluding carboxylic acids is 2. The fourth-order valence-corrected chi connectivity index (χ4v) is 5.39. The zero-order valence-corrected chi connectivity index (χ0v) is 17.9. The molecule has 0 unspecified atom stereocenters. The van der Waals surface area contributed by atoms with E-state index in [-0.39, 0.29) is 11.7 Å². The molecule has 1 spiro atoms. The van der Waals surface area contributed by atoms with Crippen LogP contribution in [0.3, 0.4) is 0 Å². The maximum Gasteiger partial charge on any atom is 0.513 e. The van der Waals surface area contributed by atoms with E-state index >= 15 is 0 Å². The number of rotatable bonds is 4. The second kappa shape index (κ2) is 8.27. The van der Waals surface area contributed by atoms with Crippen molar-refractivity contribution in [3.8, 4) is 0 Å². The molecule has 1 aromatic rings. The predicted octanol–water partition coefficient (Wildman–Crippen LogP) is 4.17. The minimum atomic E-state index is -0.763. The van der Waals surface area contributed by atoms with E-state index in [2.05, 4.69) is 0 Å².